The molecule has 0 saturated heterocycles. The topological polar surface area (TPSA) is 63.8 Å². The Morgan fingerprint density at radius 2 is 2.12 bits per heavy atom. The van der Waals surface area contributed by atoms with Crippen molar-refractivity contribution in [2.75, 3.05) is 11.9 Å². The second-order valence-electron chi connectivity index (χ2n) is 4.41. The third-order valence-electron chi connectivity index (χ3n) is 2.80. The van der Waals surface area contributed by atoms with Crippen LogP contribution in [-0.4, -0.2) is 22.6 Å². The summed E-state index contributed by atoms with van der Waals surface area (Å²) < 4.78 is 13.9. The Kier molecular flexibility index (Phi) is 5.28. The lowest BCUT2D eigenvalue weighted by Gasteiger charge is -2.22. The summed E-state index contributed by atoms with van der Waals surface area (Å²) in [4.78, 5) is 7.86. The van der Waals surface area contributed by atoms with Crippen LogP contribution in [-0.2, 0) is 6.42 Å². The predicted molar refractivity (Wildman–Crippen MR) is 67.3 cm³/mol. The molecule has 1 unspecified atom stereocenters. The Labute approximate surface area is 102 Å². The Hall–Kier alpha value is -1.23. The van der Waals surface area contributed by atoms with Gasteiger partial charge in [0, 0.05) is 6.04 Å². The molecule has 3 N–H and O–H groups in total. The highest BCUT2D eigenvalue weighted by Gasteiger charge is 2.16. The van der Waals surface area contributed by atoms with Gasteiger partial charge in [0.15, 0.2) is 11.6 Å². The average Bonchev–Trinajstić information content (AvgIpc) is 2.30. The highest BCUT2D eigenvalue weighted by molar-refractivity contribution is 5.38. The molecule has 96 valence electrons. The van der Waals surface area contributed by atoms with E-state index in [1.807, 2.05) is 6.92 Å². The fourth-order valence-electron chi connectivity index (χ4n) is 1.68. The van der Waals surface area contributed by atoms with Gasteiger partial charge in [-0.25, -0.2) is 14.4 Å². The van der Waals surface area contributed by atoms with E-state index in [0.29, 0.717) is 24.6 Å². The molecule has 1 aromatic rings. The molecule has 1 heterocycles. The van der Waals surface area contributed by atoms with Gasteiger partial charge in [0.05, 0.1) is 5.69 Å². The van der Waals surface area contributed by atoms with E-state index in [2.05, 4.69) is 29.1 Å². The summed E-state index contributed by atoms with van der Waals surface area (Å²) in [6.07, 6.45) is 2.75. The summed E-state index contributed by atoms with van der Waals surface area (Å²) in [6.45, 7) is 6.60. The van der Waals surface area contributed by atoms with E-state index in [-0.39, 0.29) is 17.7 Å². The van der Waals surface area contributed by atoms with Gasteiger partial charge in [-0.3, -0.25) is 0 Å². The molecule has 0 bridgehead atoms. The third-order valence-corrected chi connectivity index (χ3v) is 2.80. The molecular weight excluding hydrogens is 219 g/mol. The Morgan fingerprint density at radius 1 is 1.41 bits per heavy atom. The zero-order valence-electron chi connectivity index (χ0n) is 10.7. The molecule has 0 aromatic carbocycles. The van der Waals surface area contributed by atoms with E-state index in [4.69, 9.17) is 5.73 Å². The first kappa shape index (κ1) is 13.8. The second-order valence-corrected chi connectivity index (χ2v) is 4.41. The van der Waals surface area contributed by atoms with E-state index < -0.39 is 0 Å². The highest BCUT2D eigenvalue weighted by atomic mass is 19.1. The van der Waals surface area contributed by atoms with Gasteiger partial charge < -0.3 is 11.1 Å². The van der Waals surface area contributed by atoms with Crippen LogP contribution < -0.4 is 11.1 Å². The van der Waals surface area contributed by atoms with Gasteiger partial charge in [-0.05, 0) is 25.3 Å². The van der Waals surface area contributed by atoms with E-state index in [1.165, 1.54) is 6.33 Å². The number of anilines is 1. The molecule has 0 aliphatic heterocycles. The zero-order valence-corrected chi connectivity index (χ0v) is 10.7. The Bertz CT molecular complexity index is 354. The summed E-state index contributed by atoms with van der Waals surface area (Å²) in [5.74, 6) is 0.305. The first-order valence-corrected chi connectivity index (χ1v) is 6.06. The van der Waals surface area contributed by atoms with Crippen molar-refractivity contribution in [2.24, 2.45) is 11.7 Å². The van der Waals surface area contributed by atoms with Crippen molar-refractivity contribution < 1.29 is 4.39 Å². The lowest BCUT2D eigenvalue weighted by Crippen LogP contribution is -2.29. The number of nitrogens with one attached hydrogen (secondary N) is 1. The summed E-state index contributed by atoms with van der Waals surface area (Å²) in [6, 6.07) is 0.133. The van der Waals surface area contributed by atoms with Crippen molar-refractivity contribution in [3.8, 4) is 0 Å². The third kappa shape index (κ3) is 3.63. The van der Waals surface area contributed by atoms with E-state index >= 15 is 0 Å². The molecular formula is C12H21FN4. The molecule has 1 aromatic heterocycles. The number of nitrogens with zero attached hydrogens (tertiary/aromatic N) is 2. The average molecular weight is 240 g/mol. The van der Waals surface area contributed by atoms with Crippen molar-refractivity contribution >= 4 is 5.82 Å². The molecule has 0 saturated carbocycles. The van der Waals surface area contributed by atoms with Gasteiger partial charge in [-0.15, -0.1) is 0 Å². The van der Waals surface area contributed by atoms with Crippen molar-refractivity contribution in [1.82, 2.24) is 9.97 Å². The monoisotopic (exact) mass is 240 g/mol. The van der Waals surface area contributed by atoms with E-state index in [9.17, 15) is 4.39 Å². The Balaban J connectivity index is 2.85. The number of aryl methyl sites for hydroxylation is 1. The molecule has 0 aliphatic carbocycles. The van der Waals surface area contributed by atoms with Crippen LogP contribution in [0.4, 0.5) is 10.2 Å². The molecule has 0 amide bonds. The van der Waals surface area contributed by atoms with Crippen molar-refractivity contribution in [3.63, 3.8) is 0 Å². The quantitative estimate of drug-likeness (QED) is 0.798. The van der Waals surface area contributed by atoms with Gasteiger partial charge in [0.1, 0.15) is 6.33 Å². The number of aromatic nitrogens is 2. The normalized spacial score (nSPS) is 12.8. The first-order chi connectivity index (χ1) is 8.10. The molecule has 1 rings (SSSR count). The SMILES string of the molecule is CCc1ncnc(NC(CCN)C(C)C)c1F. The summed E-state index contributed by atoms with van der Waals surface area (Å²) in [5.41, 5.74) is 5.99. The maximum Gasteiger partial charge on any atom is 0.186 e. The minimum Gasteiger partial charge on any atom is -0.364 e. The maximum atomic E-state index is 13.9. The smallest absolute Gasteiger partial charge is 0.186 e. The lowest BCUT2D eigenvalue weighted by atomic mass is 10.0. The fourth-order valence-corrected chi connectivity index (χ4v) is 1.68. The first-order valence-electron chi connectivity index (χ1n) is 6.06. The van der Waals surface area contributed by atoms with Crippen molar-refractivity contribution in [1.29, 1.82) is 0 Å². The van der Waals surface area contributed by atoms with Gasteiger partial charge >= 0.3 is 0 Å². The molecule has 4 nitrogen and oxygen atoms in total. The molecule has 17 heavy (non-hydrogen) atoms. The standard InChI is InChI=1S/C12H21FN4/c1-4-9-11(13)12(16-7-15-9)17-10(5-6-14)8(2)3/h7-8,10H,4-6,14H2,1-3H3,(H,15,16,17). The lowest BCUT2D eigenvalue weighted by molar-refractivity contribution is 0.491. The molecule has 0 spiro atoms. The van der Waals surface area contributed by atoms with Gasteiger partial charge in [0.25, 0.3) is 0 Å². The highest BCUT2D eigenvalue weighted by Crippen LogP contribution is 2.17. The summed E-state index contributed by atoms with van der Waals surface area (Å²) >= 11 is 0. The molecule has 0 fully saturated rings. The van der Waals surface area contributed by atoms with Gasteiger partial charge in [-0.2, -0.15) is 0 Å². The van der Waals surface area contributed by atoms with Crippen LogP contribution in [0.25, 0.3) is 0 Å². The van der Waals surface area contributed by atoms with Gasteiger partial charge in [-0.1, -0.05) is 20.8 Å². The van der Waals surface area contributed by atoms with Crippen LogP contribution in [0, 0.1) is 11.7 Å². The van der Waals surface area contributed by atoms with E-state index in [0.717, 1.165) is 6.42 Å². The maximum absolute atomic E-state index is 13.9. The molecule has 0 aliphatic rings. The molecule has 0 radical (unpaired) electrons. The Morgan fingerprint density at radius 3 is 2.65 bits per heavy atom. The van der Waals surface area contributed by atoms with Crippen molar-refractivity contribution in [2.45, 2.75) is 39.7 Å². The number of hydrogen-bond acceptors (Lipinski definition) is 4. The number of halogens is 1. The second kappa shape index (κ2) is 6.49. The minimum atomic E-state index is -0.349. The van der Waals surface area contributed by atoms with Crippen LogP contribution in [0.5, 0.6) is 0 Å². The van der Waals surface area contributed by atoms with Crippen molar-refractivity contribution in [3.05, 3.63) is 17.8 Å². The molecule has 5 heteroatoms. The summed E-state index contributed by atoms with van der Waals surface area (Å²) in [7, 11) is 0. The van der Waals surface area contributed by atoms with Crippen LogP contribution >= 0.6 is 0 Å². The van der Waals surface area contributed by atoms with Crippen LogP contribution in [0.15, 0.2) is 6.33 Å². The predicted octanol–water partition coefficient (Wildman–Crippen LogP) is 1.96. The fraction of sp³-hybridized carbons (Fsp3) is 0.667. The van der Waals surface area contributed by atoms with Crippen LogP contribution in [0.3, 0.4) is 0 Å². The number of rotatable bonds is 6. The summed E-state index contributed by atoms with van der Waals surface area (Å²) in [5, 5.41) is 3.12. The number of nitrogens with two attached hydrogens (primary N) is 1. The van der Waals surface area contributed by atoms with Gasteiger partial charge in [0.2, 0.25) is 0 Å². The van der Waals surface area contributed by atoms with Crippen LogP contribution in [0.1, 0.15) is 32.9 Å². The largest absolute Gasteiger partial charge is 0.364 e. The van der Waals surface area contributed by atoms with E-state index in [1.54, 1.807) is 0 Å². The molecule has 1 atom stereocenters. The zero-order chi connectivity index (χ0) is 12.8. The van der Waals surface area contributed by atoms with Crippen LogP contribution in [0.2, 0.25) is 0 Å². The minimum absolute atomic E-state index is 0.133. The number of hydrogen-bond donors (Lipinski definition) is 2.